The summed E-state index contributed by atoms with van der Waals surface area (Å²) in [6.45, 7) is 3.03. The molecule has 0 unspecified atom stereocenters. The number of hydrogen-bond acceptors (Lipinski definition) is 3. The van der Waals surface area contributed by atoms with Gasteiger partial charge in [0, 0.05) is 51.9 Å². The Morgan fingerprint density at radius 3 is 2.52 bits per heavy atom. The van der Waals surface area contributed by atoms with Gasteiger partial charge in [-0.3, -0.25) is 4.79 Å². The molecule has 0 spiro atoms. The second-order valence-electron chi connectivity index (χ2n) is 7.40. The van der Waals surface area contributed by atoms with E-state index >= 15 is 0 Å². The van der Waals surface area contributed by atoms with Crippen molar-refractivity contribution >= 4 is 11.6 Å². The molecule has 4 heteroatoms. The van der Waals surface area contributed by atoms with E-state index in [2.05, 4.69) is 46.0 Å². The lowest BCUT2D eigenvalue weighted by atomic mass is 9.96. The molecule has 23 heavy (non-hydrogen) atoms. The zero-order chi connectivity index (χ0) is 16.4. The van der Waals surface area contributed by atoms with Crippen LogP contribution in [0.1, 0.15) is 24.8 Å². The molecule has 3 aliphatic heterocycles. The van der Waals surface area contributed by atoms with Gasteiger partial charge in [0.25, 0.3) is 0 Å². The van der Waals surface area contributed by atoms with Crippen LogP contribution >= 0.6 is 0 Å². The summed E-state index contributed by atoms with van der Waals surface area (Å²) < 4.78 is 0. The lowest BCUT2D eigenvalue weighted by Gasteiger charge is -2.32. The van der Waals surface area contributed by atoms with Crippen LogP contribution in [0.4, 0.5) is 5.69 Å². The average molecular weight is 315 g/mol. The minimum absolute atomic E-state index is 0.328. The predicted molar refractivity (Wildman–Crippen MR) is 94.8 cm³/mol. The van der Waals surface area contributed by atoms with Gasteiger partial charge in [-0.1, -0.05) is 12.1 Å². The third kappa shape index (κ3) is 3.86. The van der Waals surface area contributed by atoms with Crippen molar-refractivity contribution < 1.29 is 4.79 Å². The van der Waals surface area contributed by atoms with E-state index in [0.717, 1.165) is 26.1 Å². The van der Waals surface area contributed by atoms with Crippen LogP contribution in [0.5, 0.6) is 0 Å². The SMILES string of the molecule is CN(C)c1ccc(CCC(=O)N2C[C@H]3CC[C@@H](C2)N(C)C3)cc1. The van der Waals surface area contributed by atoms with Gasteiger partial charge < -0.3 is 14.7 Å². The molecule has 3 heterocycles. The molecule has 0 aliphatic carbocycles. The number of aryl methyl sites for hydroxylation is 1. The van der Waals surface area contributed by atoms with Crippen molar-refractivity contribution in [3.8, 4) is 0 Å². The highest BCUT2D eigenvalue weighted by atomic mass is 16.2. The van der Waals surface area contributed by atoms with E-state index in [9.17, 15) is 4.79 Å². The maximum Gasteiger partial charge on any atom is 0.222 e. The van der Waals surface area contributed by atoms with Crippen molar-refractivity contribution in [2.75, 3.05) is 45.7 Å². The number of hydrogen-bond donors (Lipinski definition) is 0. The summed E-state index contributed by atoms with van der Waals surface area (Å²) in [5.41, 5.74) is 2.45. The van der Waals surface area contributed by atoms with Gasteiger partial charge in [0.05, 0.1) is 0 Å². The number of carbonyl (C=O) groups excluding carboxylic acids is 1. The molecular weight excluding hydrogens is 286 g/mol. The number of nitrogens with zero attached hydrogens (tertiary/aromatic N) is 3. The molecule has 1 aromatic carbocycles. The smallest absolute Gasteiger partial charge is 0.222 e. The van der Waals surface area contributed by atoms with Crippen molar-refractivity contribution in [1.29, 1.82) is 0 Å². The Hall–Kier alpha value is -1.55. The Morgan fingerprint density at radius 1 is 1.13 bits per heavy atom. The van der Waals surface area contributed by atoms with E-state index in [0.29, 0.717) is 24.3 Å². The van der Waals surface area contributed by atoms with Gasteiger partial charge in [0.2, 0.25) is 5.91 Å². The molecule has 0 saturated carbocycles. The fraction of sp³-hybridized carbons (Fsp3) is 0.632. The zero-order valence-corrected chi connectivity index (χ0v) is 14.7. The van der Waals surface area contributed by atoms with Gasteiger partial charge in [-0.15, -0.1) is 0 Å². The van der Waals surface area contributed by atoms with Crippen molar-refractivity contribution in [2.24, 2.45) is 5.92 Å². The van der Waals surface area contributed by atoms with E-state index in [4.69, 9.17) is 0 Å². The number of likely N-dealkylation sites (N-methyl/N-ethyl adjacent to an activating group) is 1. The molecule has 3 aliphatic rings. The van der Waals surface area contributed by atoms with Gasteiger partial charge in [0.15, 0.2) is 0 Å². The van der Waals surface area contributed by atoms with Gasteiger partial charge in [0.1, 0.15) is 0 Å². The van der Waals surface area contributed by atoms with Crippen LogP contribution in [-0.2, 0) is 11.2 Å². The highest BCUT2D eigenvalue weighted by molar-refractivity contribution is 5.76. The number of rotatable bonds is 4. The largest absolute Gasteiger partial charge is 0.378 e. The second kappa shape index (κ2) is 6.91. The molecular formula is C19H29N3O. The average Bonchev–Trinajstić information content (AvgIpc) is 2.84. The van der Waals surface area contributed by atoms with Crippen molar-refractivity contribution in [2.45, 2.75) is 31.7 Å². The van der Waals surface area contributed by atoms with Crippen LogP contribution in [0.15, 0.2) is 24.3 Å². The lowest BCUT2D eigenvalue weighted by molar-refractivity contribution is -0.131. The molecule has 3 fully saturated rings. The first-order valence-corrected chi connectivity index (χ1v) is 8.77. The van der Waals surface area contributed by atoms with Gasteiger partial charge in [-0.05, 0) is 49.9 Å². The topological polar surface area (TPSA) is 26.8 Å². The molecule has 4 rings (SSSR count). The number of piperidine rings is 1. The summed E-state index contributed by atoms with van der Waals surface area (Å²) in [6, 6.07) is 9.10. The van der Waals surface area contributed by atoms with Crippen LogP contribution < -0.4 is 4.90 Å². The van der Waals surface area contributed by atoms with Gasteiger partial charge in [-0.2, -0.15) is 0 Å². The molecule has 2 atom stereocenters. The molecule has 3 saturated heterocycles. The first kappa shape index (κ1) is 16.3. The summed E-state index contributed by atoms with van der Waals surface area (Å²) in [5, 5.41) is 0. The van der Waals surface area contributed by atoms with E-state index in [-0.39, 0.29) is 0 Å². The quantitative estimate of drug-likeness (QED) is 0.852. The van der Waals surface area contributed by atoms with Crippen LogP contribution in [0, 0.1) is 5.92 Å². The monoisotopic (exact) mass is 315 g/mol. The normalized spacial score (nSPS) is 24.6. The highest BCUT2D eigenvalue weighted by Gasteiger charge is 2.34. The van der Waals surface area contributed by atoms with Crippen LogP contribution in [0.25, 0.3) is 0 Å². The Morgan fingerprint density at radius 2 is 1.87 bits per heavy atom. The molecule has 1 amide bonds. The van der Waals surface area contributed by atoms with Gasteiger partial charge in [-0.25, -0.2) is 0 Å². The minimum Gasteiger partial charge on any atom is -0.378 e. The van der Waals surface area contributed by atoms with Crippen molar-refractivity contribution in [3.05, 3.63) is 29.8 Å². The highest BCUT2D eigenvalue weighted by Crippen LogP contribution is 2.27. The van der Waals surface area contributed by atoms with Crippen LogP contribution in [0.2, 0.25) is 0 Å². The summed E-state index contributed by atoms with van der Waals surface area (Å²) in [7, 11) is 6.30. The molecule has 4 nitrogen and oxygen atoms in total. The number of amides is 1. The van der Waals surface area contributed by atoms with Crippen LogP contribution in [-0.4, -0.2) is 62.5 Å². The maximum absolute atomic E-state index is 12.6. The number of carbonyl (C=O) groups is 1. The third-order valence-corrected chi connectivity index (χ3v) is 5.42. The van der Waals surface area contributed by atoms with E-state index in [1.54, 1.807) is 0 Å². The Kier molecular flexibility index (Phi) is 4.90. The van der Waals surface area contributed by atoms with Crippen molar-refractivity contribution in [1.82, 2.24) is 9.80 Å². The van der Waals surface area contributed by atoms with E-state index < -0.39 is 0 Å². The zero-order valence-electron chi connectivity index (χ0n) is 14.7. The van der Waals surface area contributed by atoms with Crippen LogP contribution in [0.3, 0.4) is 0 Å². The molecule has 1 aromatic rings. The third-order valence-electron chi connectivity index (χ3n) is 5.42. The Balaban J connectivity index is 1.55. The summed E-state index contributed by atoms with van der Waals surface area (Å²) in [4.78, 5) is 19.3. The lowest BCUT2D eigenvalue weighted by Crippen LogP contribution is -2.41. The van der Waals surface area contributed by atoms with Crippen molar-refractivity contribution in [3.63, 3.8) is 0 Å². The Labute approximate surface area is 140 Å². The summed E-state index contributed by atoms with van der Waals surface area (Å²) >= 11 is 0. The summed E-state index contributed by atoms with van der Waals surface area (Å²) in [6.07, 6.45) is 4.00. The number of anilines is 1. The number of fused-ring (bicyclic) bond motifs is 4. The van der Waals surface area contributed by atoms with E-state index in [1.165, 1.54) is 24.1 Å². The first-order chi connectivity index (χ1) is 11.0. The molecule has 0 radical (unpaired) electrons. The second-order valence-corrected chi connectivity index (χ2v) is 7.40. The maximum atomic E-state index is 12.6. The van der Waals surface area contributed by atoms with Gasteiger partial charge >= 0.3 is 0 Å². The number of benzene rings is 1. The fourth-order valence-electron chi connectivity index (χ4n) is 3.89. The molecule has 126 valence electrons. The molecule has 2 bridgehead atoms. The Bertz CT molecular complexity index is 540. The molecule has 0 N–H and O–H groups in total. The first-order valence-electron chi connectivity index (χ1n) is 8.77. The fourth-order valence-corrected chi connectivity index (χ4v) is 3.89. The summed E-state index contributed by atoms with van der Waals surface area (Å²) in [5.74, 6) is 0.996. The van der Waals surface area contributed by atoms with E-state index in [1.807, 2.05) is 14.1 Å². The minimum atomic E-state index is 0.328. The molecule has 0 aromatic heterocycles. The predicted octanol–water partition coefficient (Wildman–Crippen LogP) is 2.24. The standard InChI is InChI=1S/C19H29N3O/c1-20(2)17-8-4-15(5-9-17)7-11-19(23)22-13-16-6-10-18(14-22)21(3)12-16/h4-5,8-9,16,18H,6-7,10-14H2,1-3H3/t16-,18-/m0/s1.